The number of carboxylic acid groups (broad SMARTS) is 2. The fourth-order valence-electron chi connectivity index (χ4n) is 2.30. The lowest BCUT2D eigenvalue weighted by molar-refractivity contribution is -0.132. The maximum Gasteiger partial charge on any atom is 0.329 e. The molecule has 0 unspecified atom stereocenters. The van der Waals surface area contributed by atoms with Gasteiger partial charge in [0.05, 0.1) is 0 Å². The van der Waals surface area contributed by atoms with Gasteiger partial charge in [-0.25, -0.2) is 9.59 Å². The molecule has 2 rings (SSSR count). The van der Waals surface area contributed by atoms with Gasteiger partial charge in [-0.3, -0.25) is 9.59 Å². The van der Waals surface area contributed by atoms with E-state index in [1.807, 2.05) is 0 Å². The van der Waals surface area contributed by atoms with Gasteiger partial charge < -0.3 is 10.2 Å². The lowest BCUT2D eigenvalue weighted by atomic mass is 9.91. The van der Waals surface area contributed by atoms with Crippen molar-refractivity contribution in [1.82, 2.24) is 0 Å². The summed E-state index contributed by atoms with van der Waals surface area (Å²) < 4.78 is 0. The number of carboxylic acids is 2. The number of rotatable bonds is 7. The second kappa shape index (κ2) is 8.34. The first-order valence-corrected chi connectivity index (χ1v) is 7.49. The van der Waals surface area contributed by atoms with Gasteiger partial charge in [0.15, 0.2) is 11.6 Å². The van der Waals surface area contributed by atoms with Crippen LogP contribution in [0.5, 0.6) is 0 Å². The summed E-state index contributed by atoms with van der Waals surface area (Å²) in [5.41, 5.74) is 0.241. The Morgan fingerprint density at radius 1 is 0.692 bits per heavy atom. The molecule has 2 N–H and O–H groups in total. The van der Waals surface area contributed by atoms with Crippen LogP contribution in [-0.2, 0) is 9.59 Å². The smallest absolute Gasteiger partial charge is 0.329 e. The maximum atomic E-state index is 12.8. The largest absolute Gasteiger partial charge is 0.478 e. The van der Waals surface area contributed by atoms with Gasteiger partial charge in [-0.2, -0.15) is 0 Å². The molecule has 2 aromatic rings. The average Bonchev–Trinajstić information content (AvgIpc) is 2.64. The molecular weight excluding hydrogens is 336 g/mol. The van der Waals surface area contributed by atoms with Crippen LogP contribution in [0.15, 0.2) is 72.8 Å². The number of allylic oxidation sites excluding steroid dienone is 2. The van der Waals surface area contributed by atoms with Gasteiger partial charge in [-0.1, -0.05) is 54.6 Å². The Kier molecular flexibility index (Phi) is 5.95. The number of hydrogen-bond donors (Lipinski definition) is 2. The van der Waals surface area contributed by atoms with Crippen LogP contribution in [-0.4, -0.2) is 33.7 Å². The number of aliphatic carboxylic acids is 2. The summed E-state index contributed by atoms with van der Waals surface area (Å²) in [5, 5.41) is 17.8. The van der Waals surface area contributed by atoms with Crippen molar-refractivity contribution in [2.24, 2.45) is 0 Å². The molecule has 0 aliphatic heterocycles. The van der Waals surface area contributed by atoms with E-state index in [1.54, 1.807) is 24.3 Å². The molecule has 0 heterocycles. The van der Waals surface area contributed by atoms with Crippen molar-refractivity contribution < 1.29 is 29.4 Å². The number of Topliss-reactive ketones (excluding diaryl/α,β-unsaturated/α-hetero) is 1. The minimum absolute atomic E-state index is 0.0294. The predicted molar refractivity (Wildman–Crippen MR) is 93.9 cm³/mol. The highest BCUT2D eigenvalue weighted by molar-refractivity contribution is 6.32. The minimum Gasteiger partial charge on any atom is -0.478 e. The number of carbonyl (C=O) groups is 4. The van der Waals surface area contributed by atoms with Gasteiger partial charge >= 0.3 is 11.9 Å². The van der Waals surface area contributed by atoms with Crippen molar-refractivity contribution in [2.75, 3.05) is 0 Å². The van der Waals surface area contributed by atoms with Gasteiger partial charge in [0.1, 0.15) is 0 Å². The lowest BCUT2D eigenvalue weighted by Crippen LogP contribution is -2.09. The highest BCUT2D eigenvalue weighted by Crippen LogP contribution is 2.24. The van der Waals surface area contributed by atoms with Crippen molar-refractivity contribution in [2.45, 2.75) is 0 Å². The Balaban J connectivity index is 2.57. The number of benzene rings is 2. The molecule has 2 aromatic carbocycles. The Bertz CT molecular complexity index is 922. The Morgan fingerprint density at radius 2 is 1.27 bits per heavy atom. The zero-order valence-electron chi connectivity index (χ0n) is 13.5. The van der Waals surface area contributed by atoms with Gasteiger partial charge in [0.25, 0.3) is 0 Å². The summed E-state index contributed by atoms with van der Waals surface area (Å²) in [7, 11) is 0. The van der Waals surface area contributed by atoms with E-state index in [1.165, 1.54) is 30.3 Å². The van der Waals surface area contributed by atoms with Crippen LogP contribution in [0, 0.1) is 0 Å². The molecule has 0 atom stereocenters. The average molecular weight is 350 g/mol. The molecule has 0 radical (unpaired) electrons. The second-order valence-corrected chi connectivity index (χ2v) is 5.17. The molecular formula is C20H14O6. The summed E-state index contributed by atoms with van der Waals surface area (Å²) in [4.78, 5) is 46.9. The molecule has 0 fully saturated rings. The van der Waals surface area contributed by atoms with E-state index in [0.29, 0.717) is 6.08 Å². The fourth-order valence-corrected chi connectivity index (χ4v) is 2.30. The Hall–Kier alpha value is -3.80. The Morgan fingerprint density at radius 3 is 1.85 bits per heavy atom. The van der Waals surface area contributed by atoms with Gasteiger partial charge in [-0.05, 0) is 11.6 Å². The molecule has 0 saturated carbocycles. The number of carbonyl (C=O) groups excluding carboxylic acids is 2. The van der Waals surface area contributed by atoms with Crippen molar-refractivity contribution in [3.8, 4) is 0 Å². The fraction of sp³-hybridized carbons (Fsp3) is 0. The summed E-state index contributed by atoms with van der Waals surface area (Å²) in [5.74, 6) is -3.85. The number of hydrogen-bond acceptors (Lipinski definition) is 4. The van der Waals surface area contributed by atoms with Crippen LogP contribution in [0.1, 0.15) is 26.3 Å². The third-order valence-electron chi connectivity index (χ3n) is 3.41. The van der Waals surface area contributed by atoms with E-state index in [-0.39, 0.29) is 22.3 Å². The van der Waals surface area contributed by atoms with Crippen LogP contribution < -0.4 is 0 Å². The Labute approximate surface area is 148 Å². The first-order chi connectivity index (χ1) is 12.4. The zero-order valence-corrected chi connectivity index (χ0v) is 13.5. The first-order valence-electron chi connectivity index (χ1n) is 7.49. The third kappa shape index (κ3) is 4.61. The molecule has 0 saturated heterocycles. The summed E-state index contributed by atoms with van der Waals surface area (Å²) in [6.07, 6.45) is 2.27. The molecule has 6 heteroatoms. The molecule has 130 valence electrons. The highest BCUT2D eigenvalue weighted by atomic mass is 16.4. The van der Waals surface area contributed by atoms with Crippen molar-refractivity contribution in [1.29, 1.82) is 0 Å². The molecule has 0 bridgehead atoms. The van der Waals surface area contributed by atoms with Gasteiger partial charge in [0.2, 0.25) is 0 Å². The summed E-state index contributed by atoms with van der Waals surface area (Å²) >= 11 is 0. The van der Waals surface area contributed by atoms with Crippen LogP contribution in [0.25, 0.3) is 5.57 Å². The van der Waals surface area contributed by atoms with Crippen LogP contribution >= 0.6 is 0 Å². The van der Waals surface area contributed by atoms with Gasteiger partial charge in [-0.15, -0.1) is 0 Å². The summed E-state index contributed by atoms with van der Waals surface area (Å²) in [6.45, 7) is 0. The van der Waals surface area contributed by atoms with Crippen LogP contribution in [0.3, 0.4) is 0 Å². The molecule has 6 nitrogen and oxygen atoms in total. The topological polar surface area (TPSA) is 109 Å². The monoisotopic (exact) mass is 350 g/mol. The van der Waals surface area contributed by atoms with E-state index in [2.05, 4.69) is 0 Å². The molecule has 0 amide bonds. The van der Waals surface area contributed by atoms with E-state index in [4.69, 9.17) is 10.2 Å². The standard InChI is InChI=1S/C20H14O6/c21-17(10-11-18(22)23)15-9-5-4-8-14(15)16(12-19(24)25)20(26)13-6-2-1-3-7-13/h1-12H,(H,22,23)(H,24,25)/b11-10+,16-12-. The SMILES string of the molecule is O=C(O)/C=C(\C(=O)c1ccccc1)c1ccccc1C(=O)/C=C/C(=O)O. The minimum atomic E-state index is -1.34. The van der Waals surface area contributed by atoms with Crippen molar-refractivity contribution >= 4 is 29.1 Å². The number of ketones is 2. The molecule has 26 heavy (non-hydrogen) atoms. The van der Waals surface area contributed by atoms with Crippen molar-refractivity contribution in [3.05, 3.63) is 89.5 Å². The van der Waals surface area contributed by atoms with Gasteiger partial charge in [0, 0.05) is 28.9 Å². The highest BCUT2D eigenvalue weighted by Gasteiger charge is 2.20. The quantitative estimate of drug-likeness (QED) is 0.587. The molecule has 0 aliphatic carbocycles. The molecule has 0 spiro atoms. The first kappa shape index (κ1) is 18.5. The third-order valence-corrected chi connectivity index (χ3v) is 3.41. The molecule has 0 aliphatic rings. The van der Waals surface area contributed by atoms with E-state index in [9.17, 15) is 19.2 Å². The zero-order chi connectivity index (χ0) is 19.1. The lowest BCUT2D eigenvalue weighted by Gasteiger charge is -2.10. The summed E-state index contributed by atoms with van der Waals surface area (Å²) in [6, 6.07) is 14.0. The van der Waals surface area contributed by atoms with Crippen molar-refractivity contribution in [3.63, 3.8) is 0 Å². The van der Waals surface area contributed by atoms with E-state index < -0.39 is 23.5 Å². The normalized spacial score (nSPS) is 11.3. The van der Waals surface area contributed by atoms with E-state index >= 15 is 0 Å². The predicted octanol–water partition coefficient (Wildman–Crippen LogP) is 2.86. The van der Waals surface area contributed by atoms with Crippen LogP contribution in [0.4, 0.5) is 0 Å². The van der Waals surface area contributed by atoms with Crippen LogP contribution in [0.2, 0.25) is 0 Å². The second-order valence-electron chi connectivity index (χ2n) is 5.17. The maximum absolute atomic E-state index is 12.8. The van der Waals surface area contributed by atoms with E-state index in [0.717, 1.165) is 12.2 Å². The molecule has 0 aromatic heterocycles.